The van der Waals surface area contributed by atoms with Crippen LogP contribution in [0.5, 0.6) is 5.75 Å². The van der Waals surface area contributed by atoms with Crippen molar-refractivity contribution in [1.82, 2.24) is 4.57 Å². The molecule has 0 saturated heterocycles. The van der Waals surface area contributed by atoms with E-state index in [0.717, 1.165) is 5.56 Å². The van der Waals surface area contributed by atoms with Crippen LogP contribution in [-0.4, -0.2) is 28.8 Å². The van der Waals surface area contributed by atoms with Gasteiger partial charge in [0.25, 0.3) is 11.5 Å². The second-order valence-electron chi connectivity index (χ2n) is 5.98. The number of carbonyl (C=O) groups is 1. The number of amides is 1. The number of anilines is 1. The SMILES string of the molecule is Cc1ccc(O)c(C)c1-n1c(N)c(C(N)=O)cc(C2=CCOC2)c1=O. The zero-order chi connectivity index (χ0) is 18.3. The minimum Gasteiger partial charge on any atom is -0.508 e. The Balaban J connectivity index is 2.43. The first-order valence-corrected chi connectivity index (χ1v) is 7.75. The van der Waals surface area contributed by atoms with E-state index in [1.165, 1.54) is 10.6 Å². The number of hydrogen-bond acceptors (Lipinski definition) is 5. The number of primary amides is 1. The van der Waals surface area contributed by atoms with Gasteiger partial charge in [-0.25, -0.2) is 0 Å². The summed E-state index contributed by atoms with van der Waals surface area (Å²) >= 11 is 0. The molecule has 0 unspecified atom stereocenters. The third-order valence-electron chi connectivity index (χ3n) is 4.38. The summed E-state index contributed by atoms with van der Waals surface area (Å²) in [6, 6.07) is 4.63. The Hall–Kier alpha value is -3.06. The number of rotatable bonds is 3. The van der Waals surface area contributed by atoms with Crippen LogP contribution in [0, 0.1) is 13.8 Å². The molecule has 0 atom stereocenters. The molecule has 1 aromatic carbocycles. The van der Waals surface area contributed by atoms with Crippen molar-refractivity contribution >= 4 is 17.3 Å². The Morgan fingerprint density at radius 3 is 2.64 bits per heavy atom. The topological polar surface area (TPSA) is 121 Å². The lowest BCUT2D eigenvalue weighted by Gasteiger charge is -2.19. The fraction of sp³-hybridized carbons (Fsp3) is 0.222. The van der Waals surface area contributed by atoms with E-state index in [2.05, 4.69) is 0 Å². The Morgan fingerprint density at radius 1 is 1.32 bits per heavy atom. The number of aryl methyl sites for hydroxylation is 1. The number of benzene rings is 1. The van der Waals surface area contributed by atoms with E-state index in [4.69, 9.17) is 16.2 Å². The van der Waals surface area contributed by atoms with Crippen LogP contribution in [0.3, 0.4) is 0 Å². The number of pyridine rings is 1. The third kappa shape index (κ3) is 2.68. The van der Waals surface area contributed by atoms with Gasteiger partial charge in [-0.15, -0.1) is 0 Å². The van der Waals surface area contributed by atoms with Gasteiger partial charge in [0.15, 0.2) is 0 Å². The van der Waals surface area contributed by atoms with E-state index in [-0.39, 0.29) is 23.7 Å². The number of nitrogens with two attached hydrogens (primary N) is 2. The lowest BCUT2D eigenvalue weighted by atomic mass is 10.0. The third-order valence-corrected chi connectivity index (χ3v) is 4.38. The van der Waals surface area contributed by atoms with Crippen molar-refractivity contribution in [2.45, 2.75) is 13.8 Å². The Bertz CT molecular complexity index is 973. The van der Waals surface area contributed by atoms with Crippen molar-refractivity contribution in [3.63, 3.8) is 0 Å². The molecule has 0 fully saturated rings. The molecule has 5 N–H and O–H groups in total. The predicted molar refractivity (Wildman–Crippen MR) is 94.9 cm³/mol. The van der Waals surface area contributed by atoms with E-state index in [9.17, 15) is 14.7 Å². The lowest BCUT2D eigenvalue weighted by Crippen LogP contribution is -2.29. The van der Waals surface area contributed by atoms with Crippen molar-refractivity contribution in [2.24, 2.45) is 5.73 Å². The number of nitrogen functional groups attached to an aromatic ring is 1. The van der Waals surface area contributed by atoms with E-state index >= 15 is 0 Å². The summed E-state index contributed by atoms with van der Waals surface area (Å²) in [5, 5.41) is 10.0. The van der Waals surface area contributed by atoms with Gasteiger partial charge in [-0.05, 0) is 37.1 Å². The average molecular weight is 341 g/mol. The standard InChI is InChI=1S/C18H19N3O4/c1-9-3-4-14(22)10(2)15(9)21-16(19)13(17(20)23)7-12(18(21)24)11-5-6-25-8-11/h3-5,7,22H,6,8,19H2,1-2H3,(H2,20,23). The molecule has 0 saturated carbocycles. The normalized spacial score (nSPS) is 13.8. The lowest BCUT2D eigenvalue weighted by molar-refractivity contribution is 0.100. The number of aromatic nitrogens is 1. The predicted octanol–water partition coefficient (Wildman–Crippen LogP) is 1.25. The Morgan fingerprint density at radius 2 is 2.04 bits per heavy atom. The second kappa shape index (κ2) is 6.10. The molecular weight excluding hydrogens is 322 g/mol. The number of aromatic hydroxyl groups is 1. The maximum absolute atomic E-state index is 13.1. The van der Waals surface area contributed by atoms with Crippen LogP contribution in [0.15, 0.2) is 29.1 Å². The van der Waals surface area contributed by atoms with Gasteiger partial charge in [0.05, 0.1) is 24.5 Å². The first-order chi connectivity index (χ1) is 11.8. The summed E-state index contributed by atoms with van der Waals surface area (Å²) in [4.78, 5) is 25.0. The van der Waals surface area contributed by atoms with E-state index in [0.29, 0.717) is 29.0 Å². The van der Waals surface area contributed by atoms with Crippen LogP contribution in [-0.2, 0) is 4.74 Å². The number of phenols is 1. The number of nitrogens with zero attached hydrogens (tertiary/aromatic N) is 1. The molecule has 0 aliphatic carbocycles. The van der Waals surface area contributed by atoms with Gasteiger partial charge in [0, 0.05) is 11.1 Å². The highest BCUT2D eigenvalue weighted by Crippen LogP contribution is 2.29. The molecule has 3 rings (SSSR count). The van der Waals surface area contributed by atoms with Crippen LogP contribution in [0.25, 0.3) is 11.3 Å². The smallest absolute Gasteiger partial charge is 0.264 e. The van der Waals surface area contributed by atoms with Gasteiger partial charge < -0.3 is 21.3 Å². The van der Waals surface area contributed by atoms with Crippen LogP contribution in [0.2, 0.25) is 0 Å². The van der Waals surface area contributed by atoms with Gasteiger partial charge in [-0.2, -0.15) is 0 Å². The summed E-state index contributed by atoms with van der Waals surface area (Å²) < 4.78 is 6.52. The van der Waals surface area contributed by atoms with Crippen LogP contribution in [0.1, 0.15) is 27.0 Å². The second-order valence-corrected chi connectivity index (χ2v) is 5.98. The fourth-order valence-corrected chi connectivity index (χ4v) is 3.02. The largest absolute Gasteiger partial charge is 0.508 e. The van der Waals surface area contributed by atoms with E-state index < -0.39 is 11.5 Å². The first kappa shape index (κ1) is 16.8. The number of hydrogen-bond donors (Lipinski definition) is 3. The molecule has 0 bridgehead atoms. The highest BCUT2D eigenvalue weighted by molar-refractivity contribution is 5.98. The van der Waals surface area contributed by atoms with Crippen molar-refractivity contribution in [3.8, 4) is 11.4 Å². The number of phenolic OH excluding ortho intramolecular Hbond substituents is 1. The van der Waals surface area contributed by atoms with Gasteiger partial charge >= 0.3 is 0 Å². The Labute approximate surface area is 144 Å². The molecule has 1 amide bonds. The number of carbonyl (C=O) groups excluding carboxylic acids is 1. The molecule has 2 heterocycles. The molecule has 1 aliphatic heterocycles. The van der Waals surface area contributed by atoms with Crippen molar-refractivity contribution in [1.29, 1.82) is 0 Å². The van der Waals surface area contributed by atoms with Crippen LogP contribution >= 0.6 is 0 Å². The van der Waals surface area contributed by atoms with Crippen LogP contribution in [0.4, 0.5) is 5.82 Å². The quantitative estimate of drug-likeness (QED) is 0.776. The molecule has 0 spiro atoms. The van der Waals surface area contributed by atoms with E-state index in [1.807, 2.05) is 0 Å². The zero-order valence-corrected chi connectivity index (χ0v) is 14.0. The molecule has 7 nitrogen and oxygen atoms in total. The number of ether oxygens (including phenoxy) is 1. The molecule has 2 aromatic rings. The molecule has 1 aromatic heterocycles. The molecular formula is C18H19N3O4. The highest BCUT2D eigenvalue weighted by Gasteiger charge is 2.23. The maximum Gasteiger partial charge on any atom is 0.264 e. The van der Waals surface area contributed by atoms with Gasteiger partial charge in [0.2, 0.25) is 0 Å². The summed E-state index contributed by atoms with van der Waals surface area (Å²) in [6.07, 6.45) is 1.78. The van der Waals surface area contributed by atoms with Crippen LogP contribution < -0.4 is 17.0 Å². The maximum atomic E-state index is 13.1. The van der Waals surface area contributed by atoms with Crippen molar-refractivity contribution in [2.75, 3.05) is 18.9 Å². The molecule has 1 aliphatic rings. The average Bonchev–Trinajstić information content (AvgIpc) is 3.08. The van der Waals surface area contributed by atoms with Crippen molar-refractivity contribution < 1.29 is 14.6 Å². The van der Waals surface area contributed by atoms with Gasteiger partial charge in [-0.1, -0.05) is 12.1 Å². The summed E-state index contributed by atoms with van der Waals surface area (Å²) in [7, 11) is 0. The van der Waals surface area contributed by atoms with Crippen molar-refractivity contribution in [3.05, 3.63) is 56.9 Å². The summed E-state index contributed by atoms with van der Waals surface area (Å²) in [5.74, 6) is -0.763. The van der Waals surface area contributed by atoms with Gasteiger partial charge in [0.1, 0.15) is 11.6 Å². The molecule has 0 radical (unpaired) electrons. The molecule has 7 heteroatoms. The molecule has 25 heavy (non-hydrogen) atoms. The summed E-state index contributed by atoms with van der Waals surface area (Å²) in [5.41, 5.74) is 13.8. The summed E-state index contributed by atoms with van der Waals surface area (Å²) in [6.45, 7) is 4.14. The monoisotopic (exact) mass is 341 g/mol. The van der Waals surface area contributed by atoms with E-state index in [1.54, 1.807) is 32.1 Å². The van der Waals surface area contributed by atoms with Gasteiger partial charge in [-0.3, -0.25) is 14.2 Å². The Kier molecular flexibility index (Phi) is 4.10. The zero-order valence-electron chi connectivity index (χ0n) is 14.0. The fourth-order valence-electron chi connectivity index (χ4n) is 3.02. The highest BCUT2D eigenvalue weighted by atomic mass is 16.5. The first-order valence-electron chi connectivity index (χ1n) is 7.75. The molecule has 130 valence electrons. The minimum atomic E-state index is -0.734. The minimum absolute atomic E-state index is 0.0290.